The predicted molar refractivity (Wildman–Crippen MR) is 86.6 cm³/mol. The minimum absolute atomic E-state index is 0.0603. The van der Waals surface area contributed by atoms with Crippen molar-refractivity contribution in [3.05, 3.63) is 0 Å². The molecule has 0 aromatic heterocycles. The first-order valence-electron chi connectivity index (χ1n) is 8.57. The maximum absolute atomic E-state index is 12.4. The Morgan fingerprint density at radius 2 is 2.15 bits per heavy atom. The summed E-state index contributed by atoms with van der Waals surface area (Å²) < 4.78 is 22.3. The lowest BCUT2D eigenvalue weighted by Gasteiger charge is -2.33. The standard InChI is InChI=1S/C15H24N4O7/c1-4-23-15-25-9-8(5-20)24-12(10(9)26-15)19-6-16-13(18-14(19)22)17-11(21)7(2)3/h7-10,12,15,20H,4-6H2,1-3H3,(H2,16,17,18,21,22)/t8-,9+,10?,12-,15?/m1/s1. The Balaban J connectivity index is 1.68. The molecule has 3 N–H and O–H groups in total. The summed E-state index contributed by atoms with van der Waals surface area (Å²) in [5, 5.41) is 14.9. The number of hydrogen-bond acceptors (Lipinski definition) is 8. The number of urea groups is 1. The summed E-state index contributed by atoms with van der Waals surface area (Å²) in [4.78, 5) is 29.3. The number of carbonyl (C=O) groups excluding carboxylic acids is 2. The second-order valence-electron chi connectivity index (χ2n) is 6.38. The van der Waals surface area contributed by atoms with Gasteiger partial charge in [0.25, 0.3) is 6.48 Å². The van der Waals surface area contributed by atoms with Crippen molar-refractivity contribution in [3.63, 3.8) is 0 Å². The molecule has 0 aromatic carbocycles. The summed E-state index contributed by atoms with van der Waals surface area (Å²) in [6.45, 7) is 4.58. The third-order valence-corrected chi connectivity index (χ3v) is 4.25. The van der Waals surface area contributed by atoms with Crippen LogP contribution in [-0.2, 0) is 23.7 Å². The number of rotatable bonds is 5. The number of hydrogen-bond donors (Lipinski definition) is 3. The van der Waals surface area contributed by atoms with Gasteiger partial charge in [0, 0.05) is 12.5 Å². The highest BCUT2D eigenvalue weighted by molar-refractivity contribution is 6.03. The van der Waals surface area contributed by atoms with E-state index < -0.39 is 37.0 Å². The Morgan fingerprint density at radius 1 is 1.42 bits per heavy atom. The first-order chi connectivity index (χ1) is 12.4. The molecule has 26 heavy (non-hydrogen) atoms. The number of ether oxygens (including phenoxy) is 4. The minimum Gasteiger partial charge on any atom is -0.394 e. The largest absolute Gasteiger partial charge is 0.394 e. The van der Waals surface area contributed by atoms with Gasteiger partial charge in [-0.1, -0.05) is 13.8 Å². The summed E-state index contributed by atoms with van der Waals surface area (Å²) in [5.74, 6) is -0.396. The van der Waals surface area contributed by atoms with Crippen LogP contribution in [-0.4, -0.2) is 78.8 Å². The van der Waals surface area contributed by atoms with Gasteiger partial charge >= 0.3 is 6.03 Å². The van der Waals surface area contributed by atoms with Gasteiger partial charge in [-0.25, -0.2) is 4.79 Å². The number of aliphatic hydroxyl groups excluding tert-OH is 1. The Kier molecular flexibility index (Phi) is 5.73. The zero-order chi connectivity index (χ0) is 18.8. The Bertz CT molecular complexity index is 584. The zero-order valence-corrected chi connectivity index (χ0v) is 14.9. The maximum Gasteiger partial charge on any atom is 0.350 e. The monoisotopic (exact) mass is 372 g/mol. The van der Waals surface area contributed by atoms with E-state index in [2.05, 4.69) is 15.6 Å². The van der Waals surface area contributed by atoms with Gasteiger partial charge in [-0.15, -0.1) is 0 Å². The van der Waals surface area contributed by atoms with Gasteiger partial charge in [0.1, 0.15) is 18.3 Å². The smallest absolute Gasteiger partial charge is 0.350 e. The highest BCUT2D eigenvalue weighted by atomic mass is 16.9. The Morgan fingerprint density at radius 3 is 2.77 bits per heavy atom. The first-order valence-corrected chi connectivity index (χ1v) is 8.57. The van der Waals surface area contributed by atoms with Crippen molar-refractivity contribution in [1.29, 1.82) is 0 Å². The third kappa shape index (κ3) is 3.67. The van der Waals surface area contributed by atoms with Gasteiger partial charge in [-0.2, -0.15) is 4.99 Å². The zero-order valence-electron chi connectivity index (χ0n) is 14.9. The van der Waals surface area contributed by atoms with Crippen LogP contribution in [0.15, 0.2) is 4.99 Å². The lowest BCUT2D eigenvalue weighted by atomic mass is 10.1. The Labute approximate surface area is 150 Å². The highest BCUT2D eigenvalue weighted by Gasteiger charge is 2.55. The molecular weight excluding hydrogens is 348 g/mol. The molecule has 11 nitrogen and oxygen atoms in total. The summed E-state index contributed by atoms with van der Waals surface area (Å²) in [7, 11) is 0. The molecule has 3 rings (SSSR count). The number of aliphatic hydroxyl groups is 1. The van der Waals surface area contributed by atoms with E-state index in [0.29, 0.717) is 6.61 Å². The van der Waals surface area contributed by atoms with Crippen molar-refractivity contribution in [2.45, 2.75) is 51.8 Å². The number of aliphatic imine (C=N–C) groups is 1. The van der Waals surface area contributed by atoms with Crippen LogP contribution in [0.5, 0.6) is 0 Å². The maximum atomic E-state index is 12.4. The van der Waals surface area contributed by atoms with E-state index in [4.69, 9.17) is 18.9 Å². The normalized spacial score (nSPS) is 33.9. The minimum atomic E-state index is -0.868. The number of nitrogens with one attached hydrogen (secondary N) is 2. The van der Waals surface area contributed by atoms with Crippen molar-refractivity contribution in [1.82, 2.24) is 15.5 Å². The fourth-order valence-electron chi connectivity index (χ4n) is 2.88. The number of carbonyl (C=O) groups is 2. The van der Waals surface area contributed by atoms with Crippen LogP contribution >= 0.6 is 0 Å². The first kappa shape index (κ1) is 19.0. The summed E-state index contributed by atoms with van der Waals surface area (Å²) in [5.41, 5.74) is 0. The van der Waals surface area contributed by atoms with Gasteiger partial charge in [-0.3, -0.25) is 15.0 Å². The van der Waals surface area contributed by atoms with E-state index in [1.807, 2.05) is 0 Å². The molecule has 2 saturated heterocycles. The lowest BCUT2D eigenvalue weighted by molar-refractivity contribution is -0.267. The van der Waals surface area contributed by atoms with Gasteiger partial charge in [-0.05, 0) is 6.92 Å². The molecule has 3 amide bonds. The highest BCUT2D eigenvalue weighted by Crippen LogP contribution is 2.36. The van der Waals surface area contributed by atoms with Crippen LogP contribution in [0, 0.1) is 5.92 Å². The van der Waals surface area contributed by atoms with Gasteiger partial charge in [0.05, 0.1) is 13.3 Å². The quantitative estimate of drug-likeness (QED) is 0.555. The lowest BCUT2D eigenvalue weighted by Crippen LogP contribution is -2.57. The Hall–Kier alpha value is -1.79. The summed E-state index contributed by atoms with van der Waals surface area (Å²) >= 11 is 0. The number of guanidine groups is 1. The molecule has 3 heterocycles. The molecule has 0 saturated carbocycles. The van der Waals surface area contributed by atoms with E-state index >= 15 is 0 Å². The van der Waals surface area contributed by atoms with Crippen LogP contribution in [0.25, 0.3) is 0 Å². The topological polar surface area (TPSA) is 131 Å². The second kappa shape index (κ2) is 7.84. The molecule has 0 spiro atoms. The fourth-order valence-corrected chi connectivity index (χ4v) is 2.88. The molecule has 0 aliphatic carbocycles. The van der Waals surface area contributed by atoms with E-state index in [0.717, 1.165) is 0 Å². The number of fused-ring (bicyclic) bond motifs is 1. The molecule has 11 heteroatoms. The van der Waals surface area contributed by atoms with Crippen LogP contribution in [0.3, 0.4) is 0 Å². The van der Waals surface area contributed by atoms with Crippen molar-refractivity contribution in [2.75, 3.05) is 19.9 Å². The van der Waals surface area contributed by atoms with Gasteiger partial charge in [0.15, 0.2) is 6.23 Å². The van der Waals surface area contributed by atoms with Gasteiger partial charge < -0.3 is 29.4 Å². The van der Waals surface area contributed by atoms with Gasteiger partial charge in [0.2, 0.25) is 11.9 Å². The molecule has 0 bridgehead atoms. The van der Waals surface area contributed by atoms with Crippen molar-refractivity contribution < 1.29 is 33.6 Å². The van der Waals surface area contributed by atoms with E-state index in [-0.39, 0.29) is 31.1 Å². The molecule has 2 fully saturated rings. The second-order valence-corrected chi connectivity index (χ2v) is 6.38. The SMILES string of the molecule is CCOC1OC2[C@@H](O1)[C@@H](CO)O[C@H]2N1CNC(NC(=O)C(C)C)=NC1=O. The van der Waals surface area contributed by atoms with Crippen molar-refractivity contribution >= 4 is 17.9 Å². The molecule has 146 valence electrons. The van der Waals surface area contributed by atoms with Crippen molar-refractivity contribution in [2.24, 2.45) is 10.9 Å². The van der Waals surface area contributed by atoms with E-state index in [1.165, 1.54) is 4.90 Å². The fraction of sp³-hybridized carbons (Fsp3) is 0.800. The average Bonchev–Trinajstić information content (AvgIpc) is 3.14. The molecule has 3 aliphatic rings. The van der Waals surface area contributed by atoms with Crippen LogP contribution < -0.4 is 10.6 Å². The number of amides is 3. The average molecular weight is 372 g/mol. The molecular formula is C15H24N4O7. The molecule has 0 aromatic rings. The molecule has 3 aliphatic heterocycles. The van der Waals surface area contributed by atoms with E-state index in [1.54, 1.807) is 20.8 Å². The van der Waals surface area contributed by atoms with Crippen LogP contribution in [0.4, 0.5) is 4.79 Å². The van der Waals surface area contributed by atoms with Crippen molar-refractivity contribution in [3.8, 4) is 0 Å². The number of nitrogens with zero attached hydrogens (tertiary/aromatic N) is 2. The molecule has 0 radical (unpaired) electrons. The molecule has 2 unspecified atom stereocenters. The van der Waals surface area contributed by atoms with Crippen LogP contribution in [0.1, 0.15) is 20.8 Å². The third-order valence-electron chi connectivity index (χ3n) is 4.25. The predicted octanol–water partition coefficient (Wildman–Crippen LogP) is -1.08. The van der Waals surface area contributed by atoms with Crippen LogP contribution in [0.2, 0.25) is 0 Å². The summed E-state index contributed by atoms with van der Waals surface area (Å²) in [6, 6.07) is -0.589. The summed E-state index contributed by atoms with van der Waals surface area (Å²) in [6.07, 6.45) is -2.61. The van der Waals surface area contributed by atoms with E-state index in [9.17, 15) is 14.7 Å². The molecule has 5 atom stereocenters.